The van der Waals surface area contributed by atoms with E-state index in [2.05, 4.69) is 9.71 Å². The second kappa shape index (κ2) is 11.1. The maximum atomic E-state index is 13.7. The number of hydrogen-bond acceptors (Lipinski definition) is 10. The third-order valence-electron chi connectivity index (χ3n) is 7.06. The summed E-state index contributed by atoms with van der Waals surface area (Å²) >= 11 is 0. The Bertz CT molecular complexity index is 1880. The van der Waals surface area contributed by atoms with Crippen LogP contribution in [0.3, 0.4) is 0 Å². The van der Waals surface area contributed by atoms with Gasteiger partial charge in [-0.05, 0) is 30.3 Å². The van der Waals surface area contributed by atoms with Gasteiger partial charge < -0.3 is 24.2 Å². The zero-order valence-corrected chi connectivity index (χ0v) is 24.4. The minimum atomic E-state index is -4.36. The maximum Gasteiger partial charge on any atom is 0.282 e. The van der Waals surface area contributed by atoms with Crippen molar-refractivity contribution in [1.29, 1.82) is 0 Å². The van der Waals surface area contributed by atoms with Gasteiger partial charge in [-0.15, -0.1) is 0 Å². The Kier molecular flexibility index (Phi) is 7.37. The fraction of sp³-hybridized carbons (Fsp3) is 0.276. The van der Waals surface area contributed by atoms with Crippen molar-refractivity contribution in [1.82, 2.24) is 14.9 Å². The number of aliphatic hydroxyl groups is 1. The number of anilines is 4. The molecule has 1 saturated heterocycles. The van der Waals surface area contributed by atoms with Crippen molar-refractivity contribution in [2.75, 3.05) is 50.1 Å². The minimum Gasteiger partial charge on any atom is -0.494 e. The Labute approximate surface area is 250 Å². The Morgan fingerprint density at radius 2 is 1.70 bits per heavy atom. The summed E-state index contributed by atoms with van der Waals surface area (Å²) in [4.78, 5) is 24.3. The lowest BCUT2D eigenvalue weighted by molar-refractivity contribution is -0.113. The first-order valence-corrected chi connectivity index (χ1v) is 14.9. The molecule has 0 aliphatic carbocycles. The minimum absolute atomic E-state index is 0.0481. The Balaban J connectivity index is 1.39. The molecule has 2 N–H and O–H groups in total. The number of aromatic nitrogens is 2. The van der Waals surface area contributed by atoms with Gasteiger partial charge in [0, 0.05) is 24.7 Å². The predicted octanol–water partition coefficient (Wildman–Crippen LogP) is 4.08. The fourth-order valence-corrected chi connectivity index (χ4v) is 5.95. The molecule has 0 radical (unpaired) electrons. The van der Waals surface area contributed by atoms with E-state index in [0.29, 0.717) is 46.1 Å². The van der Waals surface area contributed by atoms with E-state index in [9.17, 15) is 27.1 Å². The van der Waals surface area contributed by atoms with Gasteiger partial charge in [-0.25, -0.2) is 27.2 Å². The van der Waals surface area contributed by atoms with Crippen molar-refractivity contribution in [3.05, 3.63) is 60.2 Å². The summed E-state index contributed by atoms with van der Waals surface area (Å²) < 4.78 is 73.5. The number of para-hydroxylation sites is 2. The number of benzene rings is 3. The monoisotopic (exact) mass is 627 g/mol. The van der Waals surface area contributed by atoms with Gasteiger partial charge in [0.25, 0.3) is 21.9 Å². The lowest BCUT2D eigenvalue weighted by atomic mass is 10.1. The normalized spacial score (nSPS) is 14.9. The van der Waals surface area contributed by atoms with E-state index in [1.54, 1.807) is 35.2 Å². The number of hydrogen-bond donors (Lipinski definition) is 2. The first-order chi connectivity index (χ1) is 21.1. The number of carbonyl (C=O) groups is 1. The summed E-state index contributed by atoms with van der Waals surface area (Å²) in [6.45, 7) is -1.35. The second-order valence-electron chi connectivity index (χ2n) is 10.1. The predicted molar refractivity (Wildman–Crippen MR) is 156 cm³/mol. The highest BCUT2D eigenvalue weighted by Gasteiger charge is 2.47. The summed E-state index contributed by atoms with van der Waals surface area (Å²) in [5.74, 6) is -2.54. The highest BCUT2D eigenvalue weighted by Crippen LogP contribution is 2.67. The topological polar surface area (TPSA) is 143 Å². The molecule has 12 nitrogen and oxygen atoms in total. The molecule has 44 heavy (non-hydrogen) atoms. The summed E-state index contributed by atoms with van der Waals surface area (Å²) in [6.07, 6.45) is 0.368. The first-order valence-electron chi connectivity index (χ1n) is 13.5. The number of likely N-dealkylation sites (tertiary alicyclic amines) is 1. The molecule has 0 bridgehead atoms. The summed E-state index contributed by atoms with van der Waals surface area (Å²) in [6, 6.07) is 13.7. The smallest absolute Gasteiger partial charge is 0.282 e. The van der Waals surface area contributed by atoms with E-state index in [1.807, 2.05) is 0 Å². The van der Waals surface area contributed by atoms with E-state index in [0.717, 1.165) is 11.0 Å². The van der Waals surface area contributed by atoms with Crippen molar-refractivity contribution in [3.8, 4) is 17.2 Å². The molecule has 1 fully saturated rings. The quantitative estimate of drug-likeness (QED) is 0.162. The molecule has 1 amide bonds. The summed E-state index contributed by atoms with van der Waals surface area (Å²) in [5, 5.41) is 9.24. The van der Waals surface area contributed by atoms with Crippen LogP contribution in [0.5, 0.6) is 17.2 Å². The molecule has 230 valence electrons. The van der Waals surface area contributed by atoms with Gasteiger partial charge >= 0.3 is 0 Å². The Hall–Kier alpha value is -4.76. The van der Waals surface area contributed by atoms with Gasteiger partial charge in [0.05, 0.1) is 49.8 Å². The first kappa shape index (κ1) is 29.3. The number of carbonyl (C=O) groups excluding carboxylic acids is 1. The third kappa shape index (κ3) is 5.28. The number of nitrogens with one attached hydrogen (secondary N) is 1. The summed E-state index contributed by atoms with van der Waals surface area (Å²) in [7, 11) is -1.42. The number of amides is 1. The number of sulfonamides is 1. The van der Waals surface area contributed by atoms with Gasteiger partial charge in [0.1, 0.15) is 17.1 Å². The number of alkyl halides is 2. The van der Waals surface area contributed by atoms with E-state index in [1.165, 1.54) is 32.4 Å². The van der Waals surface area contributed by atoms with Crippen LogP contribution in [-0.4, -0.2) is 80.7 Å². The van der Waals surface area contributed by atoms with Gasteiger partial charge in [0.2, 0.25) is 0 Å². The molecule has 0 saturated carbocycles. The average Bonchev–Trinajstić information content (AvgIpc) is 3.74. The number of fused-ring (bicyclic) bond motifs is 2. The van der Waals surface area contributed by atoms with Crippen molar-refractivity contribution >= 4 is 50.0 Å². The molecule has 15 heteroatoms. The summed E-state index contributed by atoms with van der Waals surface area (Å²) in [5.41, 5.74) is 1.91. The molecule has 6 rings (SSSR count). The molecule has 0 unspecified atom stereocenters. The van der Waals surface area contributed by atoms with Crippen LogP contribution in [0.4, 0.5) is 31.8 Å². The van der Waals surface area contributed by atoms with Crippen LogP contribution in [0.15, 0.2) is 59.5 Å². The maximum absolute atomic E-state index is 13.7. The van der Waals surface area contributed by atoms with E-state index in [4.69, 9.17) is 19.2 Å². The average molecular weight is 628 g/mol. The Morgan fingerprint density at radius 1 is 1.00 bits per heavy atom. The standard InChI is InChI=1S/C29H27F2N5O7S/c1-41-21-14-22(42-2)25(43-12-6-11-37)24-23(21)36(24)27-26(32-19-9-3-4-10-20(19)33-27)34-44(39,40)18-8-5-7-17(13-18)28(38)35-15-29(30,31)16-35/h3-5,7-10,13-14,37H,6,11-12,15-16H2,1-2H3,(H,32,34). The molecule has 2 aliphatic rings. The number of nitrogens with zero attached hydrogens (tertiary/aromatic N) is 4. The highest BCUT2D eigenvalue weighted by atomic mass is 32.2. The number of rotatable bonds is 11. The van der Waals surface area contributed by atoms with Crippen LogP contribution in [0.2, 0.25) is 0 Å². The van der Waals surface area contributed by atoms with Gasteiger partial charge in [0.15, 0.2) is 23.1 Å². The van der Waals surface area contributed by atoms with Crippen molar-refractivity contribution in [2.24, 2.45) is 0 Å². The molecule has 4 aromatic rings. The van der Waals surface area contributed by atoms with Crippen LogP contribution < -0.4 is 23.8 Å². The lowest BCUT2D eigenvalue weighted by Crippen LogP contribution is -2.58. The van der Waals surface area contributed by atoms with Crippen molar-refractivity contribution in [3.63, 3.8) is 0 Å². The number of aliphatic hydroxyl groups excluding tert-OH is 1. The van der Waals surface area contributed by atoms with Crippen LogP contribution in [0, 0.1) is 0 Å². The second-order valence-corrected chi connectivity index (χ2v) is 11.8. The zero-order valence-electron chi connectivity index (χ0n) is 23.6. The van der Waals surface area contributed by atoms with E-state index in [-0.39, 0.29) is 35.3 Å². The number of halogens is 2. The largest absolute Gasteiger partial charge is 0.494 e. The molecule has 3 heterocycles. The zero-order chi connectivity index (χ0) is 31.2. The molecule has 0 spiro atoms. The van der Waals surface area contributed by atoms with Gasteiger partial charge in [-0.3, -0.25) is 14.4 Å². The van der Waals surface area contributed by atoms with Gasteiger partial charge in [-0.1, -0.05) is 18.2 Å². The van der Waals surface area contributed by atoms with E-state index >= 15 is 0 Å². The highest BCUT2D eigenvalue weighted by molar-refractivity contribution is 7.92. The van der Waals surface area contributed by atoms with E-state index < -0.39 is 34.9 Å². The molecule has 0 atom stereocenters. The molecule has 1 aromatic heterocycles. The van der Waals surface area contributed by atoms with Crippen molar-refractivity contribution in [2.45, 2.75) is 17.2 Å². The number of methoxy groups -OCH3 is 2. The SMILES string of the molecule is COc1cc(OC)c2c(c1OCCCO)N2c1nc2ccccc2nc1NS(=O)(=O)c1cccc(C(=O)N2CC(F)(F)C2)c1. The molecule has 3 aromatic carbocycles. The van der Waals surface area contributed by atoms with Crippen LogP contribution >= 0.6 is 0 Å². The Morgan fingerprint density at radius 3 is 2.36 bits per heavy atom. The van der Waals surface area contributed by atoms with Crippen LogP contribution in [0.1, 0.15) is 16.8 Å². The van der Waals surface area contributed by atoms with Crippen LogP contribution in [0.25, 0.3) is 11.0 Å². The lowest BCUT2D eigenvalue weighted by Gasteiger charge is -2.38. The van der Waals surface area contributed by atoms with Crippen LogP contribution in [-0.2, 0) is 10.0 Å². The third-order valence-corrected chi connectivity index (χ3v) is 8.40. The van der Waals surface area contributed by atoms with Crippen molar-refractivity contribution < 1.29 is 41.3 Å². The molecule has 2 aliphatic heterocycles. The number of ether oxygens (including phenoxy) is 3. The molecular weight excluding hydrogens is 600 g/mol. The van der Waals surface area contributed by atoms with Gasteiger partial charge in [-0.2, -0.15) is 0 Å². The molecular formula is C29H27F2N5O7S. The fourth-order valence-electron chi connectivity index (χ4n) is 4.90.